The van der Waals surface area contributed by atoms with E-state index in [4.69, 9.17) is 0 Å². The van der Waals surface area contributed by atoms with Gasteiger partial charge in [0.2, 0.25) is 5.91 Å². The number of hydrogen-bond acceptors (Lipinski definition) is 6. The first-order valence-electron chi connectivity index (χ1n) is 10.3. The predicted molar refractivity (Wildman–Crippen MR) is 104 cm³/mol. The monoisotopic (exact) mass is 383 g/mol. The molecule has 0 bridgehead atoms. The Labute approximate surface area is 165 Å². The number of aromatic nitrogens is 5. The number of carbonyl (C=O) groups excluding carboxylic acids is 1. The van der Waals surface area contributed by atoms with Gasteiger partial charge in [-0.2, -0.15) is 0 Å². The van der Waals surface area contributed by atoms with Crippen LogP contribution in [0.15, 0.2) is 24.5 Å². The molecule has 28 heavy (non-hydrogen) atoms. The van der Waals surface area contributed by atoms with Crippen molar-refractivity contribution in [2.45, 2.75) is 51.6 Å². The van der Waals surface area contributed by atoms with Crippen LogP contribution in [-0.2, 0) is 17.9 Å². The summed E-state index contributed by atoms with van der Waals surface area (Å²) in [5, 5.41) is 12.2. The van der Waals surface area contributed by atoms with E-state index < -0.39 is 0 Å². The Balaban J connectivity index is 1.19. The van der Waals surface area contributed by atoms with E-state index in [2.05, 4.69) is 38.4 Å². The largest absolute Gasteiger partial charge is 0.341 e. The molecule has 0 aromatic carbocycles. The van der Waals surface area contributed by atoms with Crippen LogP contribution in [0, 0.1) is 5.92 Å². The van der Waals surface area contributed by atoms with Crippen LogP contribution in [0.2, 0.25) is 0 Å². The summed E-state index contributed by atoms with van der Waals surface area (Å²) in [7, 11) is 0. The van der Waals surface area contributed by atoms with Gasteiger partial charge < -0.3 is 4.90 Å². The van der Waals surface area contributed by atoms with Crippen LogP contribution in [0.25, 0.3) is 0 Å². The van der Waals surface area contributed by atoms with Gasteiger partial charge in [0.15, 0.2) is 5.82 Å². The van der Waals surface area contributed by atoms with Gasteiger partial charge in [-0.1, -0.05) is 13.0 Å². The molecule has 4 rings (SSSR count). The van der Waals surface area contributed by atoms with E-state index in [1.165, 1.54) is 18.4 Å². The number of aryl methyl sites for hydroxylation is 1. The van der Waals surface area contributed by atoms with Crippen molar-refractivity contribution in [3.8, 4) is 0 Å². The molecule has 8 heteroatoms. The number of likely N-dealkylation sites (tertiary alicyclic amines) is 2. The van der Waals surface area contributed by atoms with Crippen molar-refractivity contribution < 1.29 is 4.79 Å². The number of pyridine rings is 1. The van der Waals surface area contributed by atoms with Gasteiger partial charge in [-0.3, -0.25) is 14.7 Å². The molecule has 1 amide bonds. The first-order valence-corrected chi connectivity index (χ1v) is 10.3. The minimum atomic E-state index is 0.222. The summed E-state index contributed by atoms with van der Waals surface area (Å²) in [6, 6.07) is 4.04. The van der Waals surface area contributed by atoms with Crippen molar-refractivity contribution in [1.29, 1.82) is 0 Å². The van der Waals surface area contributed by atoms with Crippen molar-refractivity contribution in [2.75, 3.05) is 26.2 Å². The molecule has 150 valence electrons. The van der Waals surface area contributed by atoms with E-state index in [9.17, 15) is 4.79 Å². The molecule has 2 aliphatic heterocycles. The molecule has 4 heterocycles. The molecule has 8 nitrogen and oxygen atoms in total. The van der Waals surface area contributed by atoms with Gasteiger partial charge in [-0.15, -0.1) is 5.10 Å². The van der Waals surface area contributed by atoms with Gasteiger partial charge in [0, 0.05) is 44.4 Å². The number of carbonyl (C=O) groups is 1. The van der Waals surface area contributed by atoms with Crippen molar-refractivity contribution in [3.63, 3.8) is 0 Å². The number of rotatable bonds is 7. The summed E-state index contributed by atoms with van der Waals surface area (Å²) in [6.07, 6.45) is 7.47. The first-order chi connectivity index (χ1) is 13.7. The van der Waals surface area contributed by atoms with Crippen molar-refractivity contribution >= 4 is 5.91 Å². The average Bonchev–Trinajstić information content (AvgIpc) is 3.10. The Morgan fingerprint density at radius 3 is 2.82 bits per heavy atom. The third-order valence-electron chi connectivity index (χ3n) is 6.00. The topological polar surface area (TPSA) is 80.0 Å². The molecule has 0 saturated carbocycles. The van der Waals surface area contributed by atoms with E-state index in [-0.39, 0.29) is 5.91 Å². The van der Waals surface area contributed by atoms with Crippen LogP contribution < -0.4 is 0 Å². The summed E-state index contributed by atoms with van der Waals surface area (Å²) in [5.74, 6) is 2.37. The summed E-state index contributed by atoms with van der Waals surface area (Å²) in [5.41, 5.74) is 1.22. The van der Waals surface area contributed by atoms with Crippen molar-refractivity contribution in [3.05, 3.63) is 35.9 Å². The minimum Gasteiger partial charge on any atom is -0.341 e. The standard InChI is InChI=1S/C20H29N7O/c1-16-6-10-25(11-7-16)15-19-22-23-24-27(19)9-3-5-20(28)26-13-18(14-26)17-4-2-8-21-12-17/h2,4,8,12,16,18H,3,5-7,9-11,13-15H2,1H3. The summed E-state index contributed by atoms with van der Waals surface area (Å²) < 4.78 is 1.86. The smallest absolute Gasteiger partial charge is 0.222 e. The third kappa shape index (κ3) is 4.55. The zero-order chi connectivity index (χ0) is 19.3. The lowest BCUT2D eigenvalue weighted by molar-refractivity contribution is -0.135. The fourth-order valence-corrected chi connectivity index (χ4v) is 3.98. The van der Waals surface area contributed by atoms with Gasteiger partial charge in [-0.05, 0) is 60.3 Å². The van der Waals surface area contributed by atoms with E-state index in [0.29, 0.717) is 18.9 Å². The second-order valence-electron chi connectivity index (χ2n) is 8.16. The lowest BCUT2D eigenvalue weighted by atomic mass is 9.92. The maximum Gasteiger partial charge on any atom is 0.222 e. The van der Waals surface area contributed by atoms with Gasteiger partial charge in [0.05, 0.1) is 6.54 Å². The predicted octanol–water partition coefficient (Wildman–Crippen LogP) is 1.71. The second-order valence-corrected chi connectivity index (χ2v) is 8.16. The zero-order valence-electron chi connectivity index (χ0n) is 16.6. The number of hydrogen-bond donors (Lipinski definition) is 0. The highest BCUT2D eigenvalue weighted by molar-refractivity contribution is 5.77. The van der Waals surface area contributed by atoms with Gasteiger partial charge in [0.25, 0.3) is 0 Å². The maximum absolute atomic E-state index is 12.4. The summed E-state index contributed by atoms with van der Waals surface area (Å²) in [6.45, 7) is 7.63. The van der Waals surface area contributed by atoms with Gasteiger partial charge in [0.1, 0.15) is 0 Å². The van der Waals surface area contributed by atoms with E-state index >= 15 is 0 Å². The molecule has 0 N–H and O–H groups in total. The second kappa shape index (κ2) is 8.77. The fourth-order valence-electron chi connectivity index (χ4n) is 3.98. The quantitative estimate of drug-likeness (QED) is 0.724. The highest BCUT2D eigenvalue weighted by Gasteiger charge is 2.31. The molecule has 0 spiro atoms. The molecular weight excluding hydrogens is 354 g/mol. The molecule has 0 aliphatic carbocycles. The Hall–Kier alpha value is -2.35. The molecule has 0 atom stereocenters. The van der Waals surface area contributed by atoms with Crippen LogP contribution in [-0.4, -0.2) is 67.1 Å². The molecule has 2 aromatic heterocycles. The van der Waals surface area contributed by atoms with E-state index in [1.807, 2.05) is 21.8 Å². The fraction of sp³-hybridized carbons (Fsp3) is 0.650. The third-order valence-corrected chi connectivity index (χ3v) is 6.00. The SMILES string of the molecule is CC1CCN(Cc2nnnn2CCCC(=O)N2CC(c3cccnc3)C2)CC1. The first kappa shape index (κ1) is 19.0. The van der Waals surface area contributed by atoms with Crippen molar-refractivity contribution in [1.82, 2.24) is 35.0 Å². The van der Waals surface area contributed by atoms with Crippen LogP contribution in [0.5, 0.6) is 0 Å². The Morgan fingerprint density at radius 2 is 2.07 bits per heavy atom. The molecular formula is C20H29N7O. The number of amides is 1. The normalized spacial score (nSPS) is 19.0. The number of piperidine rings is 1. The van der Waals surface area contributed by atoms with E-state index in [1.54, 1.807) is 6.20 Å². The lowest BCUT2D eigenvalue weighted by Gasteiger charge is -2.39. The van der Waals surface area contributed by atoms with Crippen LogP contribution in [0.4, 0.5) is 0 Å². The Kier molecular flexibility index (Phi) is 5.95. The van der Waals surface area contributed by atoms with Crippen LogP contribution in [0.3, 0.4) is 0 Å². The van der Waals surface area contributed by atoms with Crippen LogP contribution in [0.1, 0.15) is 49.9 Å². The molecule has 2 aromatic rings. The lowest BCUT2D eigenvalue weighted by Crippen LogP contribution is -2.48. The zero-order valence-corrected chi connectivity index (χ0v) is 16.6. The Bertz CT molecular complexity index is 764. The molecule has 2 aliphatic rings. The van der Waals surface area contributed by atoms with Gasteiger partial charge in [-0.25, -0.2) is 4.68 Å². The van der Waals surface area contributed by atoms with Crippen molar-refractivity contribution in [2.24, 2.45) is 5.92 Å². The number of tetrazole rings is 1. The summed E-state index contributed by atoms with van der Waals surface area (Å²) >= 11 is 0. The average molecular weight is 384 g/mol. The van der Waals surface area contributed by atoms with E-state index in [0.717, 1.165) is 50.9 Å². The van der Waals surface area contributed by atoms with Crippen LogP contribution >= 0.6 is 0 Å². The Morgan fingerprint density at radius 1 is 1.25 bits per heavy atom. The highest BCUT2D eigenvalue weighted by Crippen LogP contribution is 2.27. The minimum absolute atomic E-state index is 0.222. The highest BCUT2D eigenvalue weighted by atomic mass is 16.2. The molecule has 0 unspecified atom stereocenters. The maximum atomic E-state index is 12.4. The molecule has 0 radical (unpaired) electrons. The molecule has 2 fully saturated rings. The number of nitrogens with zero attached hydrogens (tertiary/aromatic N) is 7. The van der Waals surface area contributed by atoms with Gasteiger partial charge >= 0.3 is 0 Å². The molecule has 2 saturated heterocycles. The summed E-state index contributed by atoms with van der Waals surface area (Å²) in [4.78, 5) is 20.9.